The Hall–Kier alpha value is -2.55. The third kappa shape index (κ3) is 6.98. The fourth-order valence-electron chi connectivity index (χ4n) is 2.69. The van der Waals surface area contributed by atoms with Gasteiger partial charge in [-0.15, -0.1) is 0 Å². The van der Waals surface area contributed by atoms with E-state index in [9.17, 15) is 4.79 Å². The molecule has 0 heterocycles. The molecule has 3 aromatic rings. The summed E-state index contributed by atoms with van der Waals surface area (Å²) in [6.07, 6.45) is 1.53. The van der Waals surface area contributed by atoms with Gasteiger partial charge < -0.3 is 14.8 Å². The van der Waals surface area contributed by atoms with Crippen molar-refractivity contribution in [3.8, 4) is 11.5 Å². The molecule has 0 aliphatic carbocycles. The number of benzene rings is 3. The van der Waals surface area contributed by atoms with E-state index in [-0.39, 0.29) is 12.5 Å². The molecule has 0 radical (unpaired) electrons. The van der Waals surface area contributed by atoms with Crippen molar-refractivity contribution in [1.29, 1.82) is 0 Å². The van der Waals surface area contributed by atoms with E-state index in [1.165, 1.54) is 6.21 Å². The van der Waals surface area contributed by atoms with Gasteiger partial charge in [0.15, 0.2) is 11.5 Å². The zero-order valence-electron chi connectivity index (χ0n) is 17.1. The van der Waals surface area contributed by atoms with Gasteiger partial charge in [0, 0.05) is 20.7 Å². The van der Waals surface area contributed by atoms with Crippen LogP contribution in [0, 0.1) is 0 Å². The van der Waals surface area contributed by atoms with Crippen molar-refractivity contribution < 1.29 is 14.3 Å². The first-order valence-corrected chi connectivity index (χ1v) is 11.5. The first kappa shape index (κ1) is 24.1. The smallest absolute Gasteiger partial charge is 0.259 e. The highest BCUT2D eigenvalue weighted by atomic mass is 79.9. The third-order valence-corrected chi connectivity index (χ3v) is 5.77. The molecule has 3 rings (SSSR count). The standard InChI is InChI=1S/C23H20Br2ClN3O3/c1-31-21-11-15(10-19(25)23(21)32-14-16-4-2-3-5-20(16)26)12-28-29-22(30)13-27-18-8-6-17(24)7-9-18/h2-12,27H,13-14H2,1H3,(H,29,30)/b28-12-. The van der Waals surface area contributed by atoms with Gasteiger partial charge in [-0.1, -0.05) is 45.7 Å². The number of hydrogen-bond acceptors (Lipinski definition) is 5. The number of amides is 1. The molecule has 32 heavy (non-hydrogen) atoms. The van der Waals surface area contributed by atoms with Crippen molar-refractivity contribution in [3.05, 3.63) is 85.8 Å². The zero-order chi connectivity index (χ0) is 22.9. The number of hydrazone groups is 1. The SMILES string of the molecule is COc1cc(/C=N\NC(=O)CNc2ccc(Br)cc2)cc(Br)c1OCc1ccccc1Cl. The van der Waals surface area contributed by atoms with E-state index >= 15 is 0 Å². The summed E-state index contributed by atoms with van der Waals surface area (Å²) in [6, 6.07) is 18.6. The summed E-state index contributed by atoms with van der Waals surface area (Å²) in [5.41, 5.74) is 4.93. The van der Waals surface area contributed by atoms with Crippen molar-refractivity contribution in [3.63, 3.8) is 0 Å². The van der Waals surface area contributed by atoms with Crippen LogP contribution in [0.2, 0.25) is 5.02 Å². The second-order valence-electron chi connectivity index (χ2n) is 6.57. The fourth-order valence-corrected chi connectivity index (χ4v) is 3.72. The molecule has 0 unspecified atom stereocenters. The molecule has 0 aromatic heterocycles. The van der Waals surface area contributed by atoms with Gasteiger partial charge >= 0.3 is 0 Å². The molecule has 0 saturated carbocycles. The lowest BCUT2D eigenvalue weighted by Crippen LogP contribution is -2.25. The predicted octanol–water partition coefficient (Wildman–Crippen LogP) is 6.01. The summed E-state index contributed by atoms with van der Waals surface area (Å²) in [7, 11) is 1.56. The first-order valence-electron chi connectivity index (χ1n) is 9.51. The highest BCUT2D eigenvalue weighted by molar-refractivity contribution is 9.10. The number of carbonyl (C=O) groups excluding carboxylic acids is 1. The molecule has 6 nitrogen and oxygen atoms in total. The Morgan fingerprint density at radius 3 is 2.59 bits per heavy atom. The maximum absolute atomic E-state index is 12.0. The summed E-state index contributed by atoms with van der Waals surface area (Å²) in [6.45, 7) is 0.393. The third-order valence-electron chi connectivity index (χ3n) is 4.28. The van der Waals surface area contributed by atoms with Crippen molar-refractivity contribution >= 4 is 61.3 Å². The van der Waals surface area contributed by atoms with E-state index in [0.717, 1.165) is 21.3 Å². The largest absolute Gasteiger partial charge is 0.493 e. The Labute approximate surface area is 208 Å². The van der Waals surface area contributed by atoms with Gasteiger partial charge in [-0.2, -0.15) is 5.10 Å². The molecule has 2 N–H and O–H groups in total. The molecule has 1 amide bonds. The minimum absolute atomic E-state index is 0.0980. The maximum atomic E-state index is 12.0. The highest BCUT2D eigenvalue weighted by Gasteiger charge is 2.12. The number of carbonyl (C=O) groups is 1. The van der Waals surface area contributed by atoms with Crippen LogP contribution in [-0.2, 0) is 11.4 Å². The van der Waals surface area contributed by atoms with Crippen molar-refractivity contribution in [2.75, 3.05) is 19.0 Å². The Kier molecular flexibility index (Phi) is 8.96. The number of nitrogens with one attached hydrogen (secondary N) is 2. The van der Waals surface area contributed by atoms with Crippen LogP contribution in [0.4, 0.5) is 5.69 Å². The summed E-state index contributed by atoms with van der Waals surface area (Å²) < 4.78 is 13.0. The van der Waals surface area contributed by atoms with Crippen LogP contribution in [0.5, 0.6) is 11.5 Å². The Bertz CT molecular complexity index is 1110. The topological polar surface area (TPSA) is 72.0 Å². The van der Waals surface area contributed by atoms with Gasteiger partial charge in [0.2, 0.25) is 0 Å². The summed E-state index contributed by atoms with van der Waals surface area (Å²) >= 11 is 13.1. The summed E-state index contributed by atoms with van der Waals surface area (Å²) in [4.78, 5) is 12.0. The van der Waals surface area contributed by atoms with E-state index in [1.54, 1.807) is 13.2 Å². The lowest BCUT2D eigenvalue weighted by Gasteiger charge is -2.14. The van der Waals surface area contributed by atoms with Crippen LogP contribution in [0.1, 0.15) is 11.1 Å². The van der Waals surface area contributed by atoms with Crippen LogP contribution in [0.15, 0.2) is 74.7 Å². The molecule has 0 aliphatic rings. The summed E-state index contributed by atoms with van der Waals surface area (Å²) in [5.74, 6) is 0.804. The Morgan fingerprint density at radius 2 is 1.88 bits per heavy atom. The normalized spacial score (nSPS) is 10.8. The molecule has 0 spiro atoms. The maximum Gasteiger partial charge on any atom is 0.259 e. The number of nitrogens with zero attached hydrogens (tertiary/aromatic N) is 1. The number of methoxy groups -OCH3 is 1. The lowest BCUT2D eigenvalue weighted by atomic mass is 10.2. The molecule has 0 fully saturated rings. The van der Waals surface area contributed by atoms with Crippen LogP contribution < -0.4 is 20.2 Å². The average Bonchev–Trinajstić information content (AvgIpc) is 2.78. The number of halogens is 3. The van der Waals surface area contributed by atoms with Crippen molar-refractivity contribution in [2.45, 2.75) is 6.61 Å². The minimum Gasteiger partial charge on any atom is -0.493 e. The highest BCUT2D eigenvalue weighted by Crippen LogP contribution is 2.37. The molecule has 0 atom stereocenters. The van der Waals surface area contributed by atoms with Crippen LogP contribution in [0.25, 0.3) is 0 Å². The lowest BCUT2D eigenvalue weighted by molar-refractivity contribution is -0.119. The van der Waals surface area contributed by atoms with Gasteiger partial charge in [-0.05, 0) is 64.0 Å². The molecular weight excluding hydrogens is 562 g/mol. The van der Waals surface area contributed by atoms with E-state index in [0.29, 0.717) is 27.6 Å². The van der Waals surface area contributed by atoms with Gasteiger partial charge in [0.25, 0.3) is 5.91 Å². The number of hydrogen-bond donors (Lipinski definition) is 2. The van der Waals surface area contributed by atoms with E-state index in [1.807, 2.05) is 54.6 Å². The first-order chi connectivity index (χ1) is 15.5. The van der Waals surface area contributed by atoms with E-state index < -0.39 is 0 Å². The number of anilines is 1. The average molecular weight is 582 g/mol. The minimum atomic E-state index is -0.269. The summed E-state index contributed by atoms with van der Waals surface area (Å²) in [5, 5.41) is 7.67. The predicted molar refractivity (Wildman–Crippen MR) is 135 cm³/mol. The Balaban J connectivity index is 1.58. The van der Waals surface area contributed by atoms with Crippen molar-refractivity contribution in [2.24, 2.45) is 5.10 Å². The van der Waals surface area contributed by atoms with Gasteiger partial charge in [0.05, 0.1) is 24.3 Å². The van der Waals surface area contributed by atoms with Gasteiger partial charge in [-0.3, -0.25) is 4.79 Å². The monoisotopic (exact) mass is 579 g/mol. The number of rotatable bonds is 9. The Morgan fingerprint density at radius 1 is 1.12 bits per heavy atom. The molecule has 3 aromatic carbocycles. The van der Waals surface area contributed by atoms with Crippen LogP contribution in [-0.4, -0.2) is 25.8 Å². The molecule has 0 bridgehead atoms. The van der Waals surface area contributed by atoms with Crippen molar-refractivity contribution in [1.82, 2.24) is 5.43 Å². The molecule has 166 valence electrons. The number of ether oxygens (including phenoxy) is 2. The molecular formula is C23H20Br2ClN3O3. The van der Waals surface area contributed by atoms with Gasteiger partial charge in [-0.25, -0.2) is 5.43 Å². The quantitative estimate of drug-likeness (QED) is 0.240. The fraction of sp³-hybridized carbons (Fsp3) is 0.130. The van der Waals surface area contributed by atoms with Crippen LogP contribution >= 0.6 is 43.5 Å². The molecule has 0 aliphatic heterocycles. The van der Waals surface area contributed by atoms with E-state index in [2.05, 4.69) is 47.7 Å². The zero-order valence-corrected chi connectivity index (χ0v) is 21.0. The van der Waals surface area contributed by atoms with Gasteiger partial charge in [0.1, 0.15) is 6.61 Å². The van der Waals surface area contributed by atoms with E-state index in [4.69, 9.17) is 21.1 Å². The molecule has 9 heteroatoms. The second kappa shape index (κ2) is 11.9. The second-order valence-corrected chi connectivity index (χ2v) is 8.75. The molecule has 0 saturated heterocycles. The van der Waals surface area contributed by atoms with Crippen LogP contribution in [0.3, 0.4) is 0 Å².